The summed E-state index contributed by atoms with van der Waals surface area (Å²) in [6.07, 6.45) is 5.93. The number of benzene rings is 1. The average Bonchev–Trinajstić information content (AvgIpc) is 4.04. The van der Waals surface area contributed by atoms with Gasteiger partial charge in [0.2, 0.25) is 27.7 Å². The number of sulfonamides is 1. The van der Waals surface area contributed by atoms with E-state index < -0.39 is 74.1 Å². The minimum absolute atomic E-state index is 0.0245. The molecule has 3 N–H and O–H groups in total. The molecule has 7 rings (SSSR count). The minimum atomic E-state index is -3.90. The minimum Gasteiger partial charge on any atom is -0.497 e. The molecule has 0 unspecified atom stereocenters. The van der Waals surface area contributed by atoms with Crippen molar-refractivity contribution < 1.29 is 41.8 Å². The van der Waals surface area contributed by atoms with Crippen molar-refractivity contribution >= 4 is 44.9 Å². The molecule has 0 spiro atoms. The monoisotopic (exact) mass is 766 g/mol. The molecular weight excluding hydrogens is 717 g/mol. The quantitative estimate of drug-likeness (QED) is 0.350. The predicted molar refractivity (Wildman–Crippen MR) is 197 cm³/mol. The van der Waals surface area contributed by atoms with Gasteiger partial charge in [-0.05, 0) is 68.4 Å². The molecule has 2 aromatic rings. The number of hydrogen-bond acceptors (Lipinski definition) is 11. The number of fused-ring (bicyclic) bond motifs is 5. The van der Waals surface area contributed by atoms with Crippen LogP contribution >= 0.6 is 0 Å². The molecule has 3 aliphatic carbocycles. The number of aromatic nitrogens is 2. The highest BCUT2D eigenvalue weighted by atomic mass is 32.2. The van der Waals surface area contributed by atoms with E-state index in [4.69, 9.17) is 24.2 Å². The zero-order chi connectivity index (χ0) is 38.6. The van der Waals surface area contributed by atoms with E-state index in [0.717, 1.165) is 32.1 Å². The van der Waals surface area contributed by atoms with E-state index in [1.165, 1.54) is 11.0 Å². The smallest absolute Gasteiger partial charge is 0.408 e. The number of carbonyl (C=O) groups is 4. The van der Waals surface area contributed by atoms with Gasteiger partial charge < -0.3 is 29.7 Å². The van der Waals surface area contributed by atoms with E-state index in [1.807, 2.05) is 32.9 Å². The summed E-state index contributed by atoms with van der Waals surface area (Å²) >= 11 is 0. The SMILES string of the molecule is C=C[C@H]1C[C@]1(NC(=O)[C@@H]1C[C@@H]2CN1C(=O)[C@H](C(C)(C)C)NC(=O)O[C@@H]1C[C@H]1CCCCCc1nc3ccc(OC)cc3nc1O2)C(=O)NS(=O)(=O)C1CC1. The van der Waals surface area contributed by atoms with Gasteiger partial charge in [0.1, 0.15) is 41.3 Å². The molecule has 2 bridgehead atoms. The highest BCUT2D eigenvalue weighted by molar-refractivity contribution is 7.91. The molecule has 1 aromatic heterocycles. The summed E-state index contributed by atoms with van der Waals surface area (Å²) in [5, 5.41) is 4.96. The second-order valence-corrected chi connectivity index (χ2v) is 18.4. The van der Waals surface area contributed by atoms with Gasteiger partial charge in [-0.15, -0.1) is 6.58 Å². The van der Waals surface area contributed by atoms with E-state index in [0.29, 0.717) is 47.6 Å². The fourth-order valence-electron chi connectivity index (χ4n) is 7.64. The van der Waals surface area contributed by atoms with Crippen LogP contribution in [0.25, 0.3) is 11.0 Å². The Morgan fingerprint density at radius 3 is 2.54 bits per heavy atom. The molecule has 3 saturated carbocycles. The lowest BCUT2D eigenvalue weighted by atomic mass is 9.85. The number of alkyl carbamates (subject to hydrolysis) is 1. The van der Waals surface area contributed by atoms with Crippen LogP contribution in [0.1, 0.15) is 84.3 Å². The van der Waals surface area contributed by atoms with Crippen LogP contribution in [0.3, 0.4) is 0 Å². The first kappa shape index (κ1) is 37.8. The summed E-state index contributed by atoms with van der Waals surface area (Å²) in [4.78, 5) is 66.8. The van der Waals surface area contributed by atoms with Gasteiger partial charge >= 0.3 is 6.09 Å². The molecule has 15 nitrogen and oxygen atoms in total. The second kappa shape index (κ2) is 14.3. The molecule has 292 valence electrons. The van der Waals surface area contributed by atoms with Gasteiger partial charge in [-0.2, -0.15) is 0 Å². The number of rotatable bonds is 7. The molecule has 4 amide bonds. The van der Waals surface area contributed by atoms with Crippen molar-refractivity contribution in [3.05, 3.63) is 36.5 Å². The number of hydrogen-bond donors (Lipinski definition) is 3. The number of carbonyl (C=O) groups excluding carboxylic acids is 4. The predicted octanol–water partition coefficient (Wildman–Crippen LogP) is 3.30. The van der Waals surface area contributed by atoms with E-state index in [2.05, 4.69) is 21.9 Å². The molecule has 5 aliphatic rings. The maximum absolute atomic E-state index is 14.6. The highest BCUT2D eigenvalue weighted by Gasteiger charge is 2.62. The Kier molecular flexibility index (Phi) is 10.0. The Morgan fingerprint density at radius 2 is 1.85 bits per heavy atom. The Morgan fingerprint density at radius 1 is 1.07 bits per heavy atom. The van der Waals surface area contributed by atoms with Crippen molar-refractivity contribution in [1.82, 2.24) is 30.2 Å². The molecule has 16 heteroatoms. The van der Waals surface area contributed by atoms with Crippen LogP contribution in [0.2, 0.25) is 0 Å². The van der Waals surface area contributed by atoms with Crippen LogP contribution in [0.4, 0.5) is 4.79 Å². The Bertz CT molecular complexity index is 1960. The van der Waals surface area contributed by atoms with Gasteiger partial charge in [-0.25, -0.2) is 23.2 Å². The molecule has 3 heterocycles. The number of methoxy groups -OCH3 is 1. The normalized spacial score (nSPS) is 30.3. The summed E-state index contributed by atoms with van der Waals surface area (Å²) < 4.78 is 45.3. The number of nitrogens with zero attached hydrogens (tertiary/aromatic N) is 3. The number of aryl methyl sites for hydroxylation is 1. The van der Waals surface area contributed by atoms with Crippen LogP contribution in [0, 0.1) is 17.3 Å². The van der Waals surface area contributed by atoms with Gasteiger partial charge in [0, 0.05) is 18.4 Å². The van der Waals surface area contributed by atoms with Gasteiger partial charge in [0.25, 0.3) is 5.91 Å². The van der Waals surface area contributed by atoms with Crippen molar-refractivity contribution in [1.29, 1.82) is 0 Å². The maximum atomic E-state index is 14.6. The van der Waals surface area contributed by atoms with Crippen LogP contribution in [0.15, 0.2) is 30.9 Å². The molecule has 1 saturated heterocycles. The molecule has 0 radical (unpaired) electrons. The van der Waals surface area contributed by atoms with Gasteiger partial charge in [-0.1, -0.05) is 39.7 Å². The van der Waals surface area contributed by atoms with Crippen LogP contribution in [0.5, 0.6) is 11.6 Å². The molecule has 4 fully saturated rings. The number of amides is 4. The fourth-order valence-corrected chi connectivity index (χ4v) is 9.00. The van der Waals surface area contributed by atoms with Crippen molar-refractivity contribution in [2.75, 3.05) is 13.7 Å². The van der Waals surface area contributed by atoms with Crippen molar-refractivity contribution in [3.63, 3.8) is 0 Å². The third kappa shape index (κ3) is 7.85. The third-order valence-electron chi connectivity index (χ3n) is 11.3. The Balaban J connectivity index is 1.22. The topological polar surface area (TPSA) is 195 Å². The lowest BCUT2D eigenvalue weighted by Crippen LogP contribution is -2.60. The van der Waals surface area contributed by atoms with E-state index >= 15 is 0 Å². The summed E-state index contributed by atoms with van der Waals surface area (Å²) in [6.45, 7) is 9.18. The van der Waals surface area contributed by atoms with E-state index in [9.17, 15) is 27.6 Å². The molecule has 7 atom stereocenters. The zero-order valence-electron chi connectivity index (χ0n) is 31.3. The number of ether oxygens (including phenoxy) is 3. The molecule has 54 heavy (non-hydrogen) atoms. The molecule has 2 aliphatic heterocycles. The van der Waals surface area contributed by atoms with E-state index in [-0.39, 0.29) is 31.4 Å². The summed E-state index contributed by atoms with van der Waals surface area (Å²) in [5.74, 6) is -1.39. The van der Waals surface area contributed by atoms with Crippen molar-refractivity contribution in [2.24, 2.45) is 17.3 Å². The fraction of sp³-hybridized carbons (Fsp3) is 0.632. The first-order valence-corrected chi connectivity index (χ1v) is 20.5. The van der Waals surface area contributed by atoms with Gasteiger partial charge in [0.05, 0.1) is 29.9 Å². The molecular formula is C38H50N6O9S. The van der Waals surface area contributed by atoms with Gasteiger partial charge in [0.15, 0.2) is 0 Å². The first-order valence-electron chi connectivity index (χ1n) is 18.9. The summed E-state index contributed by atoms with van der Waals surface area (Å²) in [7, 11) is -2.33. The van der Waals surface area contributed by atoms with Crippen LogP contribution in [-0.4, -0.2) is 95.8 Å². The Hall–Kier alpha value is -4.47. The lowest BCUT2D eigenvalue weighted by molar-refractivity contribution is -0.142. The van der Waals surface area contributed by atoms with Crippen molar-refractivity contribution in [2.45, 2.75) is 120 Å². The second-order valence-electron chi connectivity index (χ2n) is 16.5. The maximum Gasteiger partial charge on any atom is 0.408 e. The third-order valence-corrected chi connectivity index (χ3v) is 13.1. The summed E-state index contributed by atoms with van der Waals surface area (Å²) in [5.41, 5.74) is -0.451. The van der Waals surface area contributed by atoms with E-state index in [1.54, 1.807) is 13.2 Å². The van der Waals surface area contributed by atoms with Crippen LogP contribution < -0.4 is 24.8 Å². The van der Waals surface area contributed by atoms with Crippen LogP contribution in [-0.2, 0) is 35.6 Å². The van der Waals surface area contributed by atoms with Crippen molar-refractivity contribution in [3.8, 4) is 11.6 Å². The lowest BCUT2D eigenvalue weighted by Gasteiger charge is -2.35. The first-order chi connectivity index (χ1) is 25.6. The summed E-state index contributed by atoms with van der Waals surface area (Å²) in [6, 6.07) is 3.20. The standard InChI is InChI=1S/C38H50N6O9S/c1-6-22-19-38(22,35(47)43-54(49,50)25-13-14-25)42-32(45)29-18-24-20-44(29)34(46)31(37(2,3)4)41-36(48)53-30-16-21(30)10-8-7-9-11-27-33(52-24)40-28-17-23(51-5)12-15-26(28)39-27/h6,12,15,17,21-22,24-25,29-31H,1,7-11,13-14,16,18-20H2,2-5H3,(H,41,48)(H,42,45)(H,43,47)/t21-,22+,24-,29+,30-,31-,38-/m1/s1. The Labute approximate surface area is 315 Å². The highest BCUT2D eigenvalue weighted by Crippen LogP contribution is 2.46. The average molecular weight is 767 g/mol. The van der Waals surface area contributed by atoms with Gasteiger partial charge in [-0.3, -0.25) is 19.1 Å². The largest absolute Gasteiger partial charge is 0.497 e. The molecule has 1 aromatic carbocycles. The number of nitrogens with one attached hydrogen (secondary N) is 3. The zero-order valence-corrected chi connectivity index (χ0v) is 32.1.